The molecule has 0 bridgehead atoms. The second kappa shape index (κ2) is 8.81. The molecule has 0 spiro atoms. The first kappa shape index (κ1) is 18.4. The lowest BCUT2D eigenvalue weighted by Gasteiger charge is -2.34. The number of nitrogens with one attached hydrogen (secondary N) is 2. The molecule has 136 valence electrons. The highest BCUT2D eigenvalue weighted by atomic mass is 32.1. The highest BCUT2D eigenvalue weighted by molar-refractivity contribution is 7.80. The summed E-state index contributed by atoms with van der Waals surface area (Å²) in [5.41, 5.74) is 3.05. The Labute approximate surface area is 160 Å². The quantitative estimate of drug-likeness (QED) is 0.814. The molecule has 0 unspecified atom stereocenters. The zero-order chi connectivity index (χ0) is 18.4. The minimum atomic E-state index is 0.0110. The second-order valence-electron chi connectivity index (χ2n) is 6.75. The maximum atomic E-state index is 12.4. The van der Waals surface area contributed by atoms with Crippen molar-refractivity contribution >= 4 is 23.2 Å². The number of carbonyl (C=O) groups is 1. The average Bonchev–Trinajstić information content (AvgIpc) is 2.67. The molecule has 26 heavy (non-hydrogen) atoms. The predicted molar refractivity (Wildman–Crippen MR) is 109 cm³/mol. The van der Waals surface area contributed by atoms with Crippen molar-refractivity contribution in [3.8, 4) is 0 Å². The lowest BCUT2D eigenvalue weighted by Crippen LogP contribution is -2.49. The van der Waals surface area contributed by atoms with E-state index >= 15 is 0 Å². The Morgan fingerprint density at radius 1 is 1.12 bits per heavy atom. The van der Waals surface area contributed by atoms with Crippen molar-refractivity contribution in [2.45, 2.75) is 32.4 Å². The van der Waals surface area contributed by atoms with Gasteiger partial charge in [0, 0.05) is 31.2 Å². The van der Waals surface area contributed by atoms with E-state index in [-0.39, 0.29) is 11.9 Å². The van der Waals surface area contributed by atoms with E-state index in [1.807, 2.05) is 49.4 Å². The molecule has 1 aliphatic heterocycles. The van der Waals surface area contributed by atoms with Crippen LogP contribution in [-0.4, -0.2) is 35.1 Å². The molecule has 0 aliphatic carbocycles. The Morgan fingerprint density at radius 2 is 1.85 bits per heavy atom. The van der Waals surface area contributed by atoms with Gasteiger partial charge in [-0.1, -0.05) is 48.0 Å². The number of likely N-dealkylation sites (tertiary alicyclic amines) is 1. The first-order chi connectivity index (χ1) is 12.6. The SMILES string of the molecule is Cc1cccc(C(=O)NC2CCN(C(=S)NCc3ccccc3)CC2)c1. The third kappa shape index (κ3) is 5.05. The fraction of sp³-hybridized carbons (Fsp3) is 0.333. The third-order valence-electron chi connectivity index (χ3n) is 4.68. The summed E-state index contributed by atoms with van der Waals surface area (Å²) in [6.45, 7) is 4.46. The van der Waals surface area contributed by atoms with Gasteiger partial charge in [0.25, 0.3) is 5.91 Å². The van der Waals surface area contributed by atoms with Gasteiger partial charge in [0.05, 0.1) is 0 Å². The second-order valence-corrected chi connectivity index (χ2v) is 7.14. The Bertz CT molecular complexity index is 755. The molecule has 0 radical (unpaired) electrons. The minimum absolute atomic E-state index is 0.0110. The number of thiocarbonyl (C=S) groups is 1. The van der Waals surface area contributed by atoms with Crippen LogP contribution in [-0.2, 0) is 6.54 Å². The molecular formula is C21H25N3OS. The number of hydrogen-bond donors (Lipinski definition) is 2. The van der Waals surface area contributed by atoms with E-state index in [0.717, 1.165) is 48.7 Å². The van der Waals surface area contributed by atoms with Gasteiger partial charge in [0.15, 0.2) is 5.11 Å². The van der Waals surface area contributed by atoms with Crippen LogP contribution in [0.1, 0.15) is 34.3 Å². The van der Waals surface area contributed by atoms with Gasteiger partial charge < -0.3 is 15.5 Å². The van der Waals surface area contributed by atoms with Crippen LogP contribution in [0.4, 0.5) is 0 Å². The molecule has 1 aliphatic rings. The van der Waals surface area contributed by atoms with Gasteiger partial charge >= 0.3 is 0 Å². The van der Waals surface area contributed by atoms with Crippen LogP contribution in [0, 0.1) is 6.92 Å². The first-order valence-electron chi connectivity index (χ1n) is 9.06. The minimum Gasteiger partial charge on any atom is -0.358 e. The Morgan fingerprint density at radius 3 is 2.54 bits per heavy atom. The van der Waals surface area contributed by atoms with Crippen LogP contribution < -0.4 is 10.6 Å². The Kier molecular flexibility index (Phi) is 6.23. The molecule has 1 saturated heterocycles. The molecule has 2 aromatic rings. The standard InChI is InChI=1S/C21H25N3OS/c1-16-6-5-9-18(14-16)20(25)23-19-10-12-24(13-11-19)21(26)22-15-17-7-3-2-4-8-17/h2-9,14,19H,10-13,15H2,1H3,(H,22,26)(H,23,25). The number of rotatable bonds is 4. The molecule has 5 heteroatoms. The number of hydrogen-bond acceptors (Lipinski definition) is 2. The van der Waals surface area contributed by atoms with E-state index in [4.69, 9.17) is 12.2 Å². The van der Waals surface area contributed by atoms with Crippen molar-refractivity contribution in [2.24, 2.45) is 0 Å². The van der Waals surface area contributed by atoms with E-state index < -0.39 is 0 Å². The van der Waals surface area contributed by atoms with E-state index in [1.165, 1.54) is 5.56 Å². The van der Waals surface area contributed by atoms with Crippen LogP contribution in [0.5, 0.6) is 0 Å². The summed E-state index contributed by atoms with van der Waals surface area (Å²) in [5.74, 6) is 0.0110. The molecule has 1 fully saturated rings. The molecule has 1 amide bonds. The molecule has 2 aromatic carbocycles. The smallest absolute Gasteiger partial charge is 0.251 e. The summed E-state index contributed by atoms with van der Waals surface area (Å²) in [6.07, 6.45) is 1.81. The first-order valence-corrected chi connectivity index (χ1v) is 9.47. The topological polar surface area (TPSA) is 44.4 Å². The van der Waals surface area contributed by atoms with Gasteiger partial charge in [-0.3, -0.25) is 4.79 Å². The largest absolute Gasteiger partial charge is 0.358 e. The summed E-state index contributed by atoms with van der Waals surface area (Å²) in [6, 6.07) is 18.2. The Balaban J connectivity index is 1.43. The fourth-order valence-corrected chi connectivity index (χ4v) is 3.42. The molecule has 0 aromatic heterocycles. The number of aryl methyl sites for hydroxylation is 1. The number of benzene rings is 2. The van der Waals surface area contributed by atoms with Crippen LogP contribution in [0.15, 0.2) is 54.6 Å². The van der Waals surface area contributed by atoms with Crippen molar-refractivity contribution in [3.63, 3.8) is 0 Å². The molecule has 0 saturated carbocycles. The molecule has 2 N–H and O–H groups in total. The van der Waals surface area contributed by atoms with Crippen LogP contribution >= 0.6 is 12.2 Å². The molecule has 4 nitrogen and oxygen atoms in total. The third-order valence-corrected chi connectivity index (χ3v) is 5.09. The van der Waals surface area contributed by atoms with E-state index in [1.54, 1.807) is 0 Å². The number of nitrogens with zero attached hydrogens (tertiary/aromatic N) is 1. The highest BCUT2D eigenvalue weighted by Crippen LogP contribution is 2.12. The van der Waals surface area contributed by atoms with Crippen molar-refractivity contribution in [1.82, 2.24) is 15.5 Å². The van der Waals surface area contributed by atoms with Gasteiger partial charge in [-0.25, -0.2) is 0 Å². The summed E-state index contributed by atoms with van der Waals surface area (Å²) in [5, 5.41) is 7.27. The summed E-state index contributed by atoms with van der Waals surface area (Å²) >= 11 is 5.52. The van der Waals surface area contributed by atoms with Crippen LogP contribution in [0.25, 0.3) is 0 Å². The molecular weight excluding hydrogens is 342 g/mol. The lowest BCUT2D eigenvalue weighted by atomic mass is 10.0. The zero-order valence-electron chi connectivity index (χ0n) is 15.1. The van der Waals surface area contributed by atoms with Crippen LogP contribution in [0.3, 0.4) is 0 Å². The highest BCUT2D eigenvalue weighted by Gasteiger charge is 2.22. The van der Waals surface area contributed by atoms with Gasteiger partial charge in [0.2, 0.25) is 0 Å². The molecule has 3 rings (SSSR count). The van der Waals surface area contributed by atoms with Gasteiger partial charge in [-0.15, -0.1) is 0 Å². The maximum Gasteiger partial charge on any atom is 0.251 e. The Hall–Kier alpha value is -2.40. The van der Waals surface area contributed by atoms with E-state index in [9.17, 15) is 4.79 Å². The summed E-state index contributed by atoms with van der Waals surface area (Å²) < 4.78 is 0. The molecule has 1 heterocycles. The normalized spacial score (nSPS) is 14.7. The maximum absolute atomic E-state index is 12.4. The van der Waals surface area contributed by atoms with Crippen molar-refractivity contribution in [3.05, 3.63) is 71.3 Å². The lowest BCUT2D eigenvalue weighted by molar-refractivity contribution is 0.0922. The fourth-order valence-electron chi connectivity index (χ4n) is 3.17. The number of piperidine rings is 1. The van der Waals surface area contributed by atoms with E-state index in [0.29, 0.717) is 0 Å². The number of carbonyl (C=O) groups excluding carboxylic acids is 1. The van der Waals surface area contributed by atoms with Gasteiger partial charge in [0.1, 0.15) is 0 Å². The van der Waals surface area contributed by atoms with E-state index in [2.05, 4.69) is 27.7 Å². The van der Waals surface area contributed by atoms with Crippen molar-refractivity contribution in [1.29, 1.82) is 0 Å². The zero-order valence-corrected chi connectivity index (χ0v) is 15.9. The van der Waals surface area contributed by atoms with Crippen LogP contribution in [0.2, 0.25) is 0 Å². The van der Waals surface area contributed by atoms with Crippen molar-refractivity contribution in [2.75, 3.05) is 13.1 Å². The summed E-state index contributed by atoms with van der Waals surface area (Å²) in [4.78, 5) is 14.6. The number of amides is 1. The molecule has 0 atom stereocenters. The van der Waals surface area contributed by atoms with Gasteiger partial charge in [-0.2, -0.15) is 0 Å². The van der Waals surface area contributed by atoms with Crippen molar-refractivity contribution < 1.29 is 4.79 Å². The predicted octanol–water partition coefficient (Wildman–Crippen LogP) is 3.26. The van der Waals surface area contributed by atoms with Gasteiger partial charge in [-0.05, 0) is 49.7 Å². The summed E-state index contributed by atoms with van der Waals surface area (Å²) in [7, 11) is 0. The average molecular weight is 368 g/mol. The monoisotopic (exact) mass is 367 g/mol.